The summed E-state index contributed by atoms with van der Waals surface area (Å²) in [5.41, 5.74) is 5.09. The predicted octanol–water partition coefficient (Wildman–Crippen LogP) is 1.41. The fourth-order valence-electron chi connectivity index (χ4n) is 2.76. The lowest BCUT2D eigenvalue weighted by molar-refractivity contribution is -0.384. The summed E-state index contributed by atoms with van der Waals surface area (Å²) in [6.07, 6.45) is 1.36. The Bertz CT molecular complexity index is 872. The number of hydrogen-bond donors (Lipinski definition) is 2. The fraction of sp³-hybridized carbons (Fsp3) is 0.294. The number of hydrogen-bond acceptors (Lipinski definition) is 7. The van der Waals surface area contributed by atoms with Crippen LogP contribution in [0.2, 0.25) is 0 Å². The maximum absolute atomic E-state index is 12.3. The Morgan fingerprint density at radius 3 is 2.48 bits per heavy atom. The van der Waals surface area contributed by atoms with Gasteiger partial charge in [-0.25, -0.2) is 0 Å². The maximum atomic E-state index is 12.3. The molecule has 0 atom stereocenters. The van der Waals surface area contributed by atoms with Crippen LogP contribution in [-0.2, 0) is 4.74 Å². The molecule has 1 aromatic heterocycles. The molecule has 2 heterocycles. The van der Waals surface area contributed by atoms with Crippen molar-refractivity contribution in [1.29, 1.82) is 0 Å². The van der Waals surface area contributed by atoms with Gasteiger partial charge in [-0.2, -0.15) is 0 Å². The van der Waals surface area contributed by atoms with Crippen molar-refractivity contribution in [2.75, 3.05) is 31.2 Å². The van der Waals surface area contributed by atoms with E-state index in [0.29, 0.717) is 37.8 Å². The number of hydrazine groups is 1. The predicted molar refractivity (Wildman–Crippen MR) is 94.5 cm³/mol. The highest BCUT2D eigenvalue weighted by atomic mass is 16.6. The largest absolute Gasteiger partial charge is 0.469 e. The van der Waals surface area contributed by atoms with Crippen molar-refractivity contribution in [3.8, 4) is 0 Å². The summed E-state index contributed by atoms with van der Waals surface area (Å²) >= 11 is 0. The Kier molecular flexibility index (Phi) is 5.36. The number of carbonyl (C=O) groups excluding carboxylic acids is 2. The minimum atomic E-state index is -0.666. The van der Waals surface area contributed by atoms with Gasteiger partial charge < -0.3 is 14.1 Å². The van der Waals surface area contributed by atoms with E-state index in [4.69, 9.17) is 9.15 Å². The van der Waals surface area contributed by atoms with Crippen LogP contribution in [0, 0.1) is 17.0 Å². The second-order valence-electron chi connectivity index (χ2n) is 5.86. The molecule has 27 heavy (non-hydrogen) atoms. The number of anilines is 1. The number of aryl methyl sites for hydroxylation is 1. The van der Waals surface area contributed by atoms with Crippen molar-refractivity contribution in [1.82, 2.24) is 10.9 Å². The van der Waals surface area contributed by atoms with Crippen molar-refractivity contribution in [2.24, 2.45) is 0 Å². The van der Waals surface area contributed by atoms with Gasteiger partial charge in [0, 0.05) is 24.7 Å². The van der Waals surface area contributed by atoms with Crippen LogP contribution in [0.25, 0.3) is 0 Å². The number of nitrogens with one attached hydrogen (secondary N) is 2. The van der Waals surface area contributed by atoms with Crippen molar-refractivity contribution in [3.63, 3.8) is 0 Å². The van der Waals surface area contributed by atoms with Gasteiger partial charge in [-0.3, -0.25) is 30.6 Å². The molecule has 3 rings (SSSR count). The smallest absolute Gasteiger partial charge is 0.293 e. The molecule has 10 heteroatoms. The zero-order chi connectivity index (χ0) is 19.4. The summed E-state index contributed by atoms with van der Waals surface area (Å²) in [6, 6.07) is 5.66. The first-order chi connectivity index (χ1) is 13.0. The van der Waals surface area contributed by atoms with Gasteiger partial charge in [0.2, 0.25) is 0 Å². The molecule has 0 unspecified atom stereocenters. The summed E-state index contributed by atoms with van der Waals surface area (Å²) < 4.78 is 10.3. The molecule has 0 saturated carbocycles. The van der Waals surface area contributed by atoms with Gasteiger partial charge in [0.15, 0.2) is 0 Å². The monoisotopic (exact) mass is 374 g/mol. The maximum Gasteiger partial charge on any atom is 0.293 e. The molecular formula is C17H18N4O6. The topological polar surface area (TPSA) is 127 Å². The summed E-state index contributed by atoms with van der Waals surface area (Å²) in [5, 5.41) is 11.4. The van der Waals surface area contributed by atoms with E-state index in [1.807, 2.05) is 4.90 Å². The van der Waals surface area contributed by atoms with E-state index >= 15 is 0 Å². The first-order valence-electron chi connectivity index (χ1n) is 8.23. The molecule has 0 spiro atoms. The third-order valence-corrected chi connectivity index (χ3v) is 4.18. The van der Waals surface area contributed by atoms with Gasteiger partial charge in [0.05, 0.1) is 30.0 Å². The van der Waals surface area contributed by atoms with E-state index in [2.05, 4.69) is 10.9 Å². The normalized spacial score (nSPS) is 13.9. The van der Waals surface area contributed by atoms with E-state index < -0.39 is 16.7 Å². The van der Waals surface area contributed by atoms with Crippen LogP contribution in [0.5, 0.6) is 0 Å². The van der Waals surface area contributed by atoms with E-state index in [1.165, 1.54) is 30.5 Å². The number of benzene rings is 1. The second-order valence-corrected chi connectivity index (χ2v) is 5.86. The van der Waals surface area contributed by atoms with Gasteiger partial charge in [-0.05, 0) is 25.1 Å². The van der Waals surface area contributed by atoms with Crippen LogP contribution in [0.1, 0.15) is 26.5 Å². The highest BCUT2D eigenvalue weighted by Gasteiger charge is 2.23. The lowest BCUT2D eigenvalue weighted by atomic mass is 10.1. The van der Waals surface area contributed by atoms with Crippen LogP contribution in [0.4, 0.5) is 11.4 Å². The number of ether oxygens (including phenoxy) is 1. The van der Waals surface area contributed by atoms with Crippen LogP contribution in [0.15, 0.2) is 34.9 Å². The zero-order valence-corrected chi connectivity index (χ0v) is 14.6. The molecule has 1 aliphatic heterocycles. The number of morpholine rings is 1. The van der Waals surface area contributed by atoms with Crippen molar-refractivity contribution in [3.05, 3.63) is 57.5 Å². The van der Waals surface area contributed by atoms with Gasteiger partial charge in [0.25, 0.3) is 17.5 Å². The average Bonchev–Trinajstić information content (AvgIpc) is 3.12. The summed E-state index contributed by atoms with van der Waals surface area (Å²) in [7, 11) is 0. The van der Waals surface area contributed by atoms with Crippen LogP contribution < -0.4 is 15.8 Å². The van der Waals surface area contributed by atoms with Gasteiger partial charge in [-0.15, -0.1) is 0 Å². The standard InChI is InChI=1S/C17H18N4O6/c1-11-13(4-7-27-11)17(23)19-18-16(22)12-2-3-14(15(10-12)21(24)25)20-5-8-26-9-6-20/h2-4,7,10H,5-6,8-9H2,1H3,(H,18,22)(H,19,23). The Morgan fingerprint density at radius 1 is 1.15 bits per heavy atom. The highest BCUT2D eigenvalue weighted by molar-refractivity contribution is 6.00. The van der Waals surface area contributed by atoms with E-state index in [-0.39, 0.29) is 16.8 Å². The first-order valence-corrected chi connectivity index (χ1v) is 8.23. The first kappa shape index (κ1) is 18.4. The van der Waals surface area contributed by atoms with Gasteiger partial charge >= 0.3 is 0 Å². The number of nitro benzene ring substituents is 1. The number of furan rings is 1. The van der Waals surface area contributed by atoms with E-state index in [1.54, 1.807) is 6.92 Å². The lowest BCUT2D eigenvalue weighted by Gasteiger charge is -2.28. The minimum Gasteiger partial charge on any atom is -0.469 e. The van der Waals surface area contributed by atoms with E-state index in [9.17, 15) is 19.7 Å². The number of carbonyl (C=O) groups is 2. The molecule has 142 valence electrons. The van der Waals surface area contributed by atoms with Crippen molar-refractivity contribution in [2.45, 2.75) is 6.92 Å². The number of amides is 2. The molecule has 1 aliphatic rings. The van der Waals surface area contributed by atoms with Crippen molar-refractivity contribution < 1.29 is 23.7 Å². The molecule has 2 amide bonds. The highest BCUT2D eigenvalue weighted by Crippen LogP contribution is 2.29. The molecule has 0 bridgehead atoms. The Morgan fingerprint density at radius 2 is 1.85 bits per heavy atom. The number of nitrogens with zero attached hydrogens (tertiary/aromatic N) is 2. The van der Waals surface area contributed by atoms with Crippen LogP contribution in [-0.4, -0.2) is 43.0 Å². The molecular weight excluding hydrogens is 356 g/mol. The SMILES string of the molecule is Cc1occc1C(=O)NNC(=O)c1ccc(N2CCOCC2)c([N+](=O)[O-])c1. The molecule has 2 aromatic rings. The fourth-order valence-corrected chi connectivity index (χ4v) is 2.76. The molecule has 1 aromatic carbocycles. The summed E-state index contributed by atoms with van der Waals surface area (Å²) in [6.45, 7) is 3.65. The number of rotatable bonds is 4. The Hall–Kier alpha value is -3.40. The molecule has 1 fully saturated rings. The zero-order valence-electron chi connectivity index (χ0n) is 14.6. The Balaban J connectivity index is 1.73. The molecule has 1 saturated heterocycles. The number of nitro groups is 1. The van der Waals surface area contributed by atoms with Gasteiger partial charge in [0.1, 0.15) is 11.4 Å². The molecule has 0 radical (unpaired) electrons. The lowest BCUT2D eigenvalue weighted by Crippen LogP contribution is -2.41. The summed E-state index contributed by atoms with van der Waals surface area (Å²) in [5.74, 6) is -0.803. The van der Waals surface area contributed by atoms with E-state index in [0.717, 1.165) is 0 Å². The van der Waals surface area contributed by atoms with Crippen LogP contribution >= 0.6 is 0 Å². The van der Waals surface area contributed by atoms with Crippen LogP contribution in [0.3, 0.4) is 0 Å². The minimum absolute atomic E-state index is 0.0583. The Labute approximate surface area is 154 Å². The molecule has 2 N–H and O–H groups in total. The third-order valence-electron chi connectivity index (χ3n) is 4.18. The van der Waals surface area contributed by atoms with Gasteiger partial charge in [-0.1, -0.05) is 0 Å². The second kappa shape index (κ2) is 7.87. The van der Waals surface area contributed by atoms with Crippen molar-refractivity contribution >= 4 is 23.2 Å². The summed E-state index contributed by atoms with van der Waals surface area (Å²) in [4.78, 5) is 37.0. The molecule has 10 nitrogen and oxygen atoms in total. The third kappa shape index (κ3) is 4.06. The molecule has 0 aliphatic carbocycles. The quantitative estimate of drug-likeness (QED) is 0.612. The average molecular weight is 374 g/mol.